The number of hydrogen-bond acceptors (Lipinski definition) is 2. The first-order chi connectivity index (χ1) is 6.50. The van der Waals surface area contributed by atoms with Gasteiger partial charge in [0.25, 0.3) is 0 Å². The third kappa shape index (κ3) is 0.936. The number of sulfonamides is 1. The van der Waals surface area contributed by atoms with Crippen molar-refractivity contribution in [3.63, 3.8) is 0 Å². The van der Waals surface area contributed by atoms with Gasteiger partial charge >= 0.3 is 0 Å². The zero-order valence-corrected chi connectivity index (χ0v) is 9.42. The van der Waals surface area contributed by atoms with E-state index in [2.05, 4.69) is 18.6 Å². The molecule has 2 aliphatic carbocycles. The highest BCUT2D eigenvalue weighted by Gasteiger charge is 2.62. The van der Waals surface area contributed by atoms with Crippen molar-refractivity contribution < 1.29 is 8.42 Å². The third-order valence-electron chi connectivity index (χ3n) is 4.48. The fourth-order valence-corrected chi connectivity index (χ4v) is 6.23. The first-order valence-electron chi connectivity index (χ1n) is 5.52. The Balaban J connectivity index is 2.01. The van der Waals surface area contributed by atoms with E-state index < -0.39 is 10.0 Å². The SMILES string of the molecule is CC(C)C1C2CC3C1NS(=O)(=O)C3C2. The molecule has 5 atom stereocenters. The van der Waals surface area contributed by atoms with E-state index in [0.717, 1.165) is 12.8 Å². The van der Waals surface area contributed by atoms with Crippen LogP contribution in [0.5, 0.6) is 0 Å². The lowest BCUT2D eigenvalue weighted by atomic mass is 9.78. The summed E-state index contributed by atoms with van der Waals surface area (Å²) in [4.78, 5) is 0. The molecule has 5 unspecified atom stereocenters. The first-order valence-corrected chi connectivity index (χ1v) is 7.06. The monoisotopic (exact) mass is 215 g/mol. The number of fused-ring (bicyclic) bond motifs is 1. The van der Waals surface area contributed by atoms with Gasteiger partial charge in [-0.1, -0.05) is 13.8 Å². The Morgan fingerprint density at radius 1 is 1.29 bits per heavy atom. The fraction of sp³-hybridized carbons (Fsp3) is 1.00. The molecule has 0 amide bonds. The molecule has 0 aromatic carbocycles. The van der Waals surface area contributed by atoms with Crippen LogP contribution in [0.2, 0.25) is 0 Å². The summed E-state index contributed by atoms with van der Waals surface area (Å²) in [5, 5.41) is -0.0486. The highest BCUT2D eigenvalue weighted by atomic mass is 32.2. The summed E-state index contributed by atoms with van der Waals surface area (Å²) < 4.78 is 26.4. The van der Waals surface area contributed by atoms with E-state index >= 15 is 0 Å². The zero-order chi connectivity index (χ0) is 10.1. The van der Waals surface area contributed by atoms with Crippen LogP contribution in [0.15, 0.2) is 0 Å². The number of nitrogens with one attached hydrogen (secondary N) is 1. The normalized spacial score (nSPS) is 53.2. The molecule has 0 radical (unpaired) electrons. The second kappa shape index (κ2) is 2.53. The van der Waals surface area contributed by atoms with Crippen LogP contribution in [0.25, 0.3) is 0 Å². The van der Waals surface area contributed by atoms with Gasteiger partial charge in [0.1, 0.15) is 0 Å². The summed E-state index contributed by atoms with van der Waals surface area (Å²) in [6.45, 7) is 4.43. The molecule has 1 heterocycles. The number of hydrogen-bond donors (Lipinski definition) is 1. The van der Waals surface area contributed by atoms with Crippen molar-refractivity contribution >= 4 is 10.0 Å². The molecule has 0 spiro atoms. The summed E-state index contributed by atoms with van der Waals surface area (Å²) in [5.74, 6) is 2.29. The Morgan fingerprint density at radius 3 is 2.64 bits per heavy atom. The van der Waals surface area contributed by atoms with Gasteiger partial charge in [0, 0.05) is 6.04 Å². The fourth-order valence-electron chi connectivity index (χ4n) is 4.10. The molecule has 3 aliphatic rings. The second-order valence-electron chi connectivity index (χ2n) is 5.44. The van der Waals surface area contributed by atoms with Crippen molar-refractivity contribution in [3.8, 4) is 0 Å². The predicted molar refractivity (Wildman–Crippen MR) is 54.2 cm³/mol. The standard InChI is InChI=1S/C10H17NO2S/c1-5(2)9-6-3-7-8(4-6)14(12,13)11-10(7)9/h5-11H,3-4H2,1-2H3. The molecule has 3 nitrogen and oxygen atoms in total. The summed E-state index contributed by atoms with van der Waals surface area (Å²) >= 11 is 0. The van der Waals surface area contributed by atoms with Gasteiger partial charge in [-0.05, 0) is 36.5 Å². The van der Waals surface area contributed by atoms with Crippen LogP contribution >= 0.6 is 0 Å². The van der Waals surface area contributed by atoms with E-state index in [1.807, 2.05) is 0 Å². The van der Waals surface area contributed by atoms with Crippen LogP contribution in [0.3, 0.4) is 0 Å². The van der Waals surface area contributed by atoms with E-state index in [0.29, 0.717) is 23.7 Å². The van der Waals surface area contributed by atoms with Gasteiger partial charge in [-0.15, -0.1) is 0 Å². The minimum absolute atomic E-state index is 0.0486. The van der Waals surface area contributed by atoms with Gasteiger partial charge in [0.2, 0.25) is 10.0 Å². The predicted octanol–water partition coefficient (Wildman–Crippen LogP) is 0.969. The summed E-state index contributed by atoms with van der Waals surface area (Å²) in [7, 11) is -2.95. The molecule has 2 saturated carbocycles. The molecular weight excluding hydrogens is 198 g/mol. The molecule has 0 aromatic heterocycles. The second-order valence-corrected chi connectivity index (χ2v) is 7.38. The van der Waals surface area contributed by atoms with Crippen LogP contribution in [0, 0.1) is 23.7 Å². The minimum atomic E-state index is -2.95. The molecule has 2 bridgehead atoms. The van der Waals surface area contributed by atoms with Crippen molar-refractivity contribution in [1.29, 1.82) is 0 Å². The topological polar surface area (TPSA) is 46.2 Å². The molecule has 4 heteroatoms. The van der Waals surface area contributed by atoms with Gasteiger partial charge in [-0.2, -0.15) is 0 Å². The minimum Gasteiger partial charge on any atom is -0.212 e. The Hall–Kier alpha value is -0.0900. The molecule has 1 aliphatic heterocycles. The lowest BCUT2D eigenvalue weighted by Crippen LogP contribution is -2.37. The first kappa shape index (κ1) is 9.16. The maximum absolute atomic E-state index is 11.7. The van der Waals surface area contributed by atoms with Crippen LogP contribution in [0.1, 0.15) is 26.7 Å². The molecule has 80 valence electrons. The molecule has 3 rings (SSSR count). The van der Waals surface area contributed by atoms with E-state index in [4.69, 9.17) is 0 Å². The van der Waals surface area contributed by atoms with E-state index in [-0.39, 0.29) is 11.3 Å². The Morgan fingerprint density at radius 2 is 2.00 bits per heavy atom. The van der Waals surface area contributed by atoms with E-state index in [1.54, 1.807) is 0 Å². The van der Waals surface area contributed by atoms with Gasteiger partial charge in [-0.25, -0.2) is 13.1 Å². The molecule has 1 N–H and O–H groups in total. The van der Waals surface area contributed by atoms with Gasteiger partial charge < -0.3 is 0 Å². The Kier molecular flexibility index (Phi) is 1.65. The van der Waals surface area contributed by atoms with Crippen LogP contribution in [0.4, 0.5) is 0 Å². The van der Waals surface area contributed by atoms with Crippen molar-refractivity contribution in [2.24, 2.45) is 23.7 Å². The quantitative estimate of drug-likeness (QED) is 0.708. The summed E-state index contributed by atoms with van der Waals surface area (Å²) in [6, 6.07) is 0.267. The van der Waals surface area contributed by atoms with Crippen molar-refractivity contribution in [3.05, 3.63) is 0 Å². The molecule has 14 heavy (non-hydrogen) atoms. The molecule has 1 saturated heterocycles. The lowest BCUT2D eigenvalue weighted by Gasteiger charge is -2.29. The maximum Gasteiger partial charge on any atom is 0.215 e. The van der Waals surface area contributed by atoms with Crippen molar-refractivity contribution in [2.45, 2.75) is 38.0 Å². The average molecular weight is 215 g/mol. The molecule has 3 fully saturated rings. The average Bonchev–Trinajstić information content (AvgIpc) is 2.61. The smallest absolute Gasteiger partial charge is 0.212 e. The number of rotatable bonds is 1. The molecular formula is C10H17NO2S. The van der Waals surface area contributed by atoms with Crippen LogP contribution < -0.4 is 4.72 Å². The van der Waals surface area contributed by atoms with Gasteiger partial charge in [0.15, 0.2) is 0 Å². The largest absolute Gasteiger partial charge is 0.215 e. The molecule has 0 aromatic rings. The maximum atomic E-state index is 11.7. The van der Waals surface area contributed by atoms with Crippen LogP contribution in [-0.2, 0) is 10.0 Å². The van der Waals surface area contributed by atoms with Crippen molar-refractivity contribution in [2.75, 3.05) is 0 Å². The highest BCUT2D eigenvalue weighted by Crippen LogP contribution is 2.56. The van der Waals surface area contributed by atoms with Crippen molar-refractivity contribution in [1.82, 2.24) is 4.72 Å². The van der Waals surface area contributed by atoms with E-state index in [9.17, 15) is 8.42 Å². The Bertz CT molecular complexity index is 362. The van der Waals surface area contributed by atoms with Gasteiger partial charge in [-0.3, -0.25) is 0 Å². The third-order valence-corrected chi connectivity index (χ3v) is 6.42. The van der Waals surface area contributed by atoms with E-state index in [1.165, 1.54) is 0 Å². The summed E-state index contributed by atoms with van der Waals surface area (Å²) in [5.41, 5.74) is 0. The highest BCUT2D eigenvalue weighted by molar-refractivity contribution is 7.90. The Labute approximate surface area is 85.3 Å². The zero-order valence-electron chi connectivity index (χ0n) is 8.60. The van der Waals surface area contributed by atoms with Crippen LogP contribution in [-0.4, -0.2) is 19.7 Å². The lowest BCUT2D eigenvalue weighted by molar-refractivity contribution is 0.229. The summed E-state index contributed by atoms with van der Waals surface area (Å²) in [6.07, 6.45) is 2.06. The van der Waals surface area contributed by atoms with Gasteiger partial charge in [0.05, 0.1) is 5.25 Å².